The maximum Gasteiger partial charge on any atom is 0.335 e. The Labute approximate surface area is 64.7 Å². The Morgan fingerprint density at radius 2 is 2.45 bits per heavy atom. The molecule has 1 aromatic heterocycles. The van der Waals surface area contributed by atoms with Crippen LogP contribution in [0, 0.1) is 6.42 Å². The van der Waals surface area contributed by atoms with E-state index < -0.39 is 5.97 Å². The fourth-order valence-electron chi connectivity index (χ4n) is 0.739. The SMILES string of the molecule is C[CH]c1cc(C(=O)O)ccn1. The van der Waals surface area contributed by atoms with E-state index in [0.29, 0.717) is 5.69 Å². The quantitative estimate of drug-likeness (QED) is 0.692. The van der Waals surface area contributed by atoms with E-state index in [1.54, 1.807) is 6.42 Å². The van der Waals surface area contributed by atoms with E-state index in [1.165, 1.54) is 18.3 Å². The van der Waals surface area contributed by atoms with Crippen LogP contribution in [0.25, 0.3) is 0 Å². The van der Waals surface area contributed by atoms with Crippen molar-refractivity contribution in [2.24, 2.45) is 0 Å². The molecule has 0 spiro atoms. The highest BCUT2D eigenvalue weighted by atomic mass is 16.4. The van der Waals surface area contributed by atoms with Gasteiger partial charge in [-0.25, -0.2) is 4.79 Å². The molecular weight excluding hydrogens is 142 g/mol. The lowest BCUT2D eigenvalue weighted by Crippen LogP contribution is -1.97. The zero-order valence-electron chi connectivity index (χ0n) is 6.11. The van der Waals surface area contributed by atoms with Gasteiger partial charge in [0.2, 0.25) is 0 Å². The summed E-state index contributed by atoms with van der Waals surface area (Å²) in [5, 5.41) is 8.56. The molecule has 0 aliphatic heterocycles. The molecule has 3 heteroatoms. The summed E-state index contributed by atoms with van der Waals surface area (Å²) in [5.41, 5.74) is 0.956. The number of rotatable bonds is 2. The molecule has 0 atom stereocenters. The topological polar surface area (TPSA) is 50.2 Å². The van der Waals surface area contributed by atoms with Crippen LogP contribution in [0.1, 0.15) is 23.0 Å². The number of hydrogen-bond acceptors (Lipinski definition) is 2. The molecule has 1 aromatic rings. The summed E-state index contributed by atoms with van der Waals surface area (Å²) in [6.07, 6.45) is 3.24. The van der Waals surface area contributed by atoms with Gasteiger partial charge in [0.1, 0.15) is 0 Å². The Morgan fingerprint density at radius 1 is 1.73 bits per heavy atom. The first-order valence-corrected chi connectivity index (χ1v) is 3.22. The molecule has 3 nitrogen and oxygen atoms in total. The molecule has 0 aliphatic rings. The van der Waals surface area contributed by atoms with E-state index in [-0.39, 0.29) is 5.56 Å². The average molecular weight is 150 g/mol. The van der Waals surface area contributed by atoms with Gasteiger partial charge in [0.05, 0.1) is 5.56 Å². The smallest absolute Gasteiger partial charge is 0.335 e. The van der Waals surface area contributed by atoms with Gasteiger partial charge in [0, 0.05) is 18.3 Å². The van der Waals surface area contributed by atoms with Crippen LogP contribution in [0.15, 0.2) is 18.3 Å². The van der Waals surface area contributed by atoms with Crippen LogP contribution in [-0.4, -0.2) is 16.1 Å². The number of carboxylic acid groups (broad SMARTS) is 1. The van der Waals surface area contributed by atoms with Gasteiger partial charge in [-0.3, -0.25) is 4.98 Å². The van der Waals surface area contributed by atoms with Gasteiger partial charge in [0.25, 0.3) is 0 Å². The van der Waals surface area contributed by atoms with Crippen molar-refractivity contribution >= 4 is 5.97 Å². The van der Waals surface area contributed by atoms with Crippen LogP contribution in [0.3, 0.4) is 0 Å². The lowest BCUT2D eigenvalue weighted by molar-refractivity contribution is 0.0696. The number of pyridine rings is 1. The number of hydrogen-bond donors (Lipinski definition) is 1. The zero-order chi connectivity index (χ0) is 8.27. The van der Waals surface area contributed by atoms with Crippen molar-refractivity contribution < 1.29 is 9.90 Å². The molecule has 57 valence electrons. The Kier molecular flexibility index (Phi) is 2.21. The van der Waals surface area contributed by atoms with Crippen LogP contribution in [0.4, 0.5) is 0 Å². The van der Waals surface area contributed by atoms with Crippen molar-refractivity contribution in [1.29, 1.82) is 0 Å². The van der Waals surface area contributed by atoms with Crippen molar-refractivity contribution in [3.05, 3.63) is 36.0 Å². The van der Waals surface area contributed by atoms with Gasteiger partial charge >= 0.3 is 5.97 Å². The summed E-state index contributed by atoms with van der Waals surface area (Å²) in [7, 11) is 0. The van der Waals surface area contributed by atoms with Crippen molar-refractivity contribution in [2.75, 3.05) is 0 Å². The summed E-state index contributed by atoms with van der Waals surface area (Å²) in [4.78, 5) is 14.3. The lowest BCUT2D eigenvalue weighted by atomic mass is 10.2. The molecule has 1 rings (SSSR count). The molecule has 0 saturated carbocycles. The number of nitrogens with zero attached hydrogens (tertiary/aromatic N) is 1. The van der Waals surface area contributed by atoms with Crippen molar-refractivity contribution in [3.8, 4) is 0 Å². The summed E-state index contributed by atoms with van der Waals surface area (Å²) < 4.78 is 0. The van der Waals surface area contributed by atoms with E-state index in [0.717, 1.165) is 0 Å². The highest BCUT2D eigenvalue weighted by molar-refractivity contribution is 5.87. The number of aromatic carboxylic acids is 1. The van der Waals surface area contributed by atoms with Crippen LogP contribution < -0.4 is 0 Å². The van der Waals surface area contributed by atoms with Gasteiger partial charge in [0.15, 0.2) is 0 Å². The highest BCUT2D eigenvalue weighted by Crippen LogP contribution is 2.02. The normalized spacial score (nSPS) is 9.55. The summed E-state index contributed by atoms with van der Waals surface area (Å²) >= 11 is 0. The molecular formula is C8H8NO2. The standard InChI is InChI=1S/C8H8NO2/c1-2-7-5-6(8(10)11)3-4-9-7/h2-5H,1H3,(H,10,11). The van der Waals surface area contributed by atoms with Gasteiger partial charge in [-0.1, -0.05) is 6.92 Å². The van der Waals surface area contributed by atoms with Gasteiger partial charge in [-0.15, -0.1) is 0 Å². The molecule has 0 amide bonds. The largest absolute Gasteiger partial charge is 0.478 e. The van der Waals surface area contributed by atoms with Gasteiger partial charge in [-0.05, 0) is 12.1 Å². The summed E-state index contributed by atoms with van der Waals surface area (Å²) in [6, 6.07) is 3.00. The molecule has 0 aliphatic carbocycles. The predicted molar refractivity (Wildman–Crippen MR) is 40.3 cm³/mol. The molecule has 0 unspecified atom stereocenters. The number of aromatic nitrogens is 1. The maximum absolute atomic E-state index is 10.4. The first-order chi connectivity index (χ1) is 5.24. The number of carboxylic acids is 1. The summed E-state index contributed by atoms with van der Waals surface area (Å²) in [5.74, 6) is -0.921. The van der Waals surface area contributed by atoms with E-state index in [2.05, 4.69) is 4.98 Å². The Bertz CT molecular complexity index is 271. The minimum absolute atomic E-state index is 0.271. The Hall–Kier alpha value is -1.38. The van der Waals surface area contributed by atoms with Crippen molar-refractivity contribution in [3.63, 3.8) is 0 Å². The molecule has 11 heavy (non-hydrogen) atoms. The summed E-state index contributed by atoms with van der Waals surface area (Å²) in [6.45, 7) is 1.81. The van der Waals surface area contributed by atoms with Crippen LogP contribution in [0.2, 0.25) is 0 Å². The van der Waals surface area contributed by atoms with Crippen molar-refractivity contribution in [1.82, 2.24) is 4.98 Å². The van der Waals surface area contributed by atoms with Gasteiger partial charge < -0.3 is 5.11 Å². The predicted octanol–water partition coefficient (Wildman–Crippen LogP) is 1.35. The van der Waals surface area contributed by atoms with Crippen molar-refractivity contribution in [2.45, 2.75) is 6.92 Å². The minimum Gasteiger partial charge on any atom is -0.478 e. The molecule has 1 radical (unpaired) electrons. The van der Waals surface area contributed by atoms with Crippen LogP contribution >= 0.6 is 0 Å². The van der Waals surface area contributed by atoms with Crippen LogP contribution in [-0.2, 0) is 0 Å². The second-order valence-corrected chi connectivity index (χ2v) is 2.06. The molecule has 1 N–H and O–H groups in total. The third-order valence-corrected chi connectivity index (χ3v) is 1.32. The number of carbonyl (C=O) groups is 1. The molecule has 0 saturated heterocycles. The van der Waals surface area contributed by atoms with E-state index in [9.17, 15) is 4.79 Å². The zero-order valence-corrected chi connectivity index (χ0v) is 6.11. The fraction of sp³-hybridized carbons (Fsp3) is 0.125. The first-order valence-electron chi connectivity index (χ1n) is 3.22. The van der Waals surface area contributed by atoms with E-state index in [1.807, 2.05) is 6.92 Å². The first kappa shape index (κ1) is 7.72. The van der Waals surface area contributed by atoms with E-state index >= 15 is 0 Å². The second-order valence-electron chi connectivity index (χ2n) is 2.06. The minimum atomic E-state index is -0.921. The second kappa shape index (κ2) is 3.14. The maximum atomic E-state index is 10.4. The Morgan fingerprint density at radius 3 is 3.00 bits per heavy atom. The van der Waals surface area contributed by atoms with Gasteiger partial charge in [-0.2, -0.15) is 0 Å². The average Bonchev–Trinajstić information content (AvgIpc) is 2.05. The lowest BCUT2D eigenvalue weighted by Gasteiger charge is -1.95. The Balaban J connectivity index is 3.01. The molecule has 0 aromatic carbocycles. The molecule has 0 bridgehead atoms. The fourth-order valence-corrected chi connectivity index (χ4v) is 0.739. The molecule has 0 fully saturated rings. The monoisotopic (exact) mass is 150 g/mol. The van der Waals surface area contributed by atoms with E-state index in [4.69, 9.17) is 5.11 Å². The van der Waals surface area contributed by atoms with Crippen LogP contribution in [0.5, 0.6) is 0 Å². The highest BCUT2D eigenvalue weighted by Gasteiger charge is 2.01. The molecule has 1 heterocycles. The third-order valence-electron chi connectivity index (χ3n) is 1.32. The third kappa shape index (κ3) is 1.77.